The molecule has 4 nitrogen and oxygen atoms in total. The van der Waals surface area contributed by atoms with Gasteiger partial charge in [-0.25, -0.2) is 0 Å². The van der Waals surface area contributed by atoms with Gasteiger partial charge in [-0.15, -0.1) is 0 Å². The molecule has 3 rings (SSSR count). The van der Waals surface area contributed by atoms with Crippen LogP contribution in [0.2, 0.25) is 0 Å². The van der Waals surface area contributed by atoms with Crippen LogP contribution < -0.4 is 15.0 Å². The maximum absolute atomic E-state index is 13.3. The average Bonchev–Trinajstić information content (AvgIpc) is 2.65. The molecule has 1 amide bonds. The van der Waals surface area contributed by atoms with Crippen LogP contribution >= 0.6 is 0 Å². The minimum Gasteiger partial charge on any atom is -0.495 e. The van der Waals surface area contributed by atoms with E-state index in [0.717, 1.165) is 23.4 Å². The second-order valence-corrected chi connectivity index (χ2v) is 7.26. The Morgan fingerprint density at radius 2 is 1.96 bits per heavy atom. The lowest BCUT2D eigenvalue weighted by atomic mass is 9.96. The van der Waals surface area contributed by atoms with Gasteiger partial charge in [0.25, 0.3) is 5.91 Å². The van der Waals surface area contributed by atoms with Crippen LogP contribution in [0.15, 0.2) is 48.5 Å². The van der Waals surface area contributed by atoms with Crippen molar-refractivity contribution in [3.05, 3.63) is 59.7 Å². The highest BCUT2D eigenvalue weighted by molar-refractivity contribution is 5.96. The first-order chi connectivity index (χ1) is 12.6. The van der Waals surface area contributed by atoms with Gasteiger partial charge >= 0.3 is 0 Å². The molecule has 2 N–H and O–H groups in total. The van der Waals surface area contributed by atoms with Crippen molar-refractivity contribution in [2.45, 2.75) is 45.2 Å². The molecule has 1 fully saturated rings. The van der Waals surface area contributed by atoms with Crippen LogP contribution in [0.3, 0.4) is 0 Å². The first-order valence-corrected chi connectivity index (χ1v) is 9.46. The van der Waals surface area contributed by atoms with Crippen molar-refractivity contribution < 1.29 is 14.4 Å². The van der Waals surface area contributed by atoms with E-state index >= 15 is 0 Å². The Balaban J connectivity index is 1.91. The molecule has 0 aliphatic carbocycles. The standard InChI is InChI=1S/C22H28N2O2/c1-16-12-13-20(26-3)19(15-16)23-22(25)21(18-10-5-4-6-11-18)24-14-8-7-9-17(24)2/h4-6,10-13,15,17,21H,7-9,14H2,1-3H3,(H,23,25)/p+1/t17-,21-/m0/s1. The molecule has 4 heteroatoms. The quantitative estimate of drug-likeness (QED) is 0.867. The van der Waals surface area contributed by atoms with Crippen molar-refractivity contribution >= 4 is 11.6 Å². The molecule has 0 bridgehead atoms. The molecule has 0 radical (unpaired) electrons. The first-order valence-electron chi connectivity index (χ1n) is 9.46. The Bertz CT molecular complexity index is 745. The zero-order valence-corrected chi connectivity index (χ0v) is 15.9. The summed E-state index contributed by atoms with van der Waals surface area (Å²) >= 11 is 0. The molecule has 3 atom stereocenters. The van der Waals surface area contributed by atoms with E-state index in [4.69, 9.17) is 4.74 Å². The highest BCUT2D eigenvalue weighted by Gasteiger charge is 2.36. The van der Waals surface area contributed by atoms with Gasteiger partial charge in [-0.2, -0.15) is 0 Å². The van der Waals surface area contributed by atoms with Crippen LogP contribution in [0.4, 0.5) is 5.69 Å². The second-order valence-electron chi connectivity index (χ2n) is 7.26. The number of hydrogen-bond acceptors (Lipinski definition) is 2. The smallest absolute Gasteiger partial charge is 0.287 e. The number of carbonyl (C=O) groups excluding carboxylic acids is 1. The number of methoxy groups -OCH3 is 1. The molecule has 138 valence electrons. The summed E-state index contributed by atoms with van der Waals surface area (Å²) in [6, 6.07) is 16.3. The fourth-order valence-corrected chi connectivity index (χ4v) is 3.94. The lowest BCUT2D eigenvalue weighted by Crippen LogP contribution is -3.17. The molecule has 2 aromatic carbocycles. The summed E-state index contributed by atoms with van der Waals surface area (Å²) in [5.74, 6) is 0.723. The molecule has 0 aromatic heterocycles. The van der Waals surface area contributed by atoms with E-state index in [1.165, 1.54) is 24.2 Å². The Kier molecular flexibility index (Phi) is 5.94. The number of hydrogen-bond donors (Lipinski definition) is 2. The van der Waals surface area contributed by atoms with Gasteiger partial charge in [-0.05, 0) is 50.8 Å². The summed E-state index contributed by atoms with van der Waals surface area (Å²) in [7, 11) is 1.63. The third-order valence-electron chi connectivity index (χ3n) is 5.36. The minimum atomic E-state index is -0.211. The van der Waals surface area contributed by atoms with E-state index in [0.29, 0.717) is 11.8 Å². The molecule has 1 heterocycles. The molecule has 1 saturated heterocycles. The normalized spacial score (nSPS) is 21.0. The number of rotatable bonds is 5. The van der Waals surface area contributed by atoms with Gasteiger partial charge in [0.05, 0.1) is 25.4 Å². The predicted octanol–water partition coefficient (Wildman–Crippen LogP) is 3.14. The number of quaternary nitrogens is 1. The van der Waals surface area contributed by atoms with Crippen LogP contribution in [0.25, 0.3) is 0 Å². The number of benzene rings is 2. The molecule has 1 aliphatic heterocycles. The Hall–Kier alpha value is -2.33. The Morgan fingerprint density at radius 1 is 1.19 bits per heavy atom. The maximum Gasteiger partial charge on any atom is 0.287 e. The predicted molar refractivity (Wildman–Crippen MR) is 105 cm³/mol. The summed E-state index contributed by atoms with van der Waals surface area (Å²) in [4.78, 5) is 14.7. The second kappa shape index (κ2) is 8.37. The van der Waals surface area contributed by atoms with Crippen LogP contribution in [-0.4, -0.2) is 25.6 Å². The zero-order chi connectivity index (χ0) is 18.5. The van der Waals surface area contributed by atoms with Gasteiger partial charge in [0.2, 0.25) is 0 Å². The van der Waals surface area contributed by atoms with Crippen molar-refractivity contribution in [2.75, 3.05) is 19.0 Å². The van der Waals surface area contributed by atoms with Crippen molar-refractivity contribution in [1.82, 2.24) is 0 Å². The third kappa shape index (κ3) is 4.07. The molecule has 2 aromatic rings. The average molecular weight is 353 g/mol. The Morgan fingerprint density at radius 3 is 2.65 bits per heavy atom. The largest absolute Gasteiger partial charge is 0.495 e. The molecule has 0 spiro atoms. The summed E-state index contributed by atoms with van der Waals surface area (Å²) in [5, 5.41) is 3.13. The fraction of sp³-hybridized carbons (Fsp3) is 0.409. The zero-order valence-electron chi connectivity index (χ0n) is 15.9. The number of ether oxygens (including phenoxy) is 1. The van der Waals surface area contributed by atoms with Crippen LogP contribution in [-0.2, 0) is 4.79 Å². The van der Waals surface area contributed by atoms with E-state index in [-0.39, 0.29) is 11.9 Å². The lowest BCUT2D eigenvalue weighted by molar-refractivity contribution is -0.949. The number of anilines is 1. The van der Waals surface area contributed by atoms with Crippen LogP contribution in [0.5, 0.6) is 5.75 Å². The summed E-state index contributed by atoms with van der Waals surface area (Å²) < 4.78 is 5.43. The van der Waals surface area contributed by atoms with Crippen molar-refractivity contribution in [1.29, 1.82) is 0 Å². The number of nitrogens with one attached hydrogen (secondary N) is 2. The SMILES string of the molecule is COc1ccc(C)cc1NC(=O)[C@H](c1ccccc1)[NH+]1CCCC[C@@H]1C. The fourth-order valence-electron chi connectivity index (χ4n) is 3.94. The van der Waals surface area contributed by atoms with Crippen LogP contribution in [0, 0.1) is 6.92 Å². The van der Waals surface area contributed by atoms with Gasteiger partial charge < -0.3 is 15.0 Å². The van der Waals surface area contributed by atoms with E-state index in [1.807, 2.05) is 43.3 Å². The molecule has 0 saturated carbocycles. The van der Waals surface area contributed by atoms with E-state index in [2.05, 4.69) is 24.4 Å². The van der Waals surface area contributed by atoms with Gasteiger partial charge in [0.15, 0.2) is 6.04 Å². The Labute approximate surface area is 156 Å². The maximum atomic E-state index is 13.3. The van der Waals surface area contributed by atoms with E-state index in [9.17, 15) is 4.79 Å². The summed E-state index contributed by atoms with van der Waals surface area (Å²) in [6.07, 6.45) is 3.59. The monoisotopic (exact) mass is 353 g/mol. The van der Waals surface area contributed by atoms with E-state index < -0.39 is 0 Å². The van der Waals surface area contributed by atoms with Crippen LogP contribution in [0.1, 0.15) is 43.4 Å². The van der Waals surface area contributed by atoms with Gasteiger partial charge in [-0.1, -0.05) is 36.4 Å². The first kappa shape index (κ1) is 18.5. The third-order valence-corrected chi connectivity index (χ3v) is 5.36. The number of piperidine rings is 1. The highest BCUT2D eigenvalue weighted by atomic mass is 16.5. The van der Waals surface area contributed by atoms with Gasteiger partial charge in [0.1, 0.15) is 5.75 Å². The van der Waals surface area contributed by atoms with Gasteiger partial charge in [0, 0.05) is 5.56 Å². The van der Waals surface area contributed by atoms with Gasteiger partial charge in [-0.3, -0.25) is 4.79 Å². The topological polar surface area (TPSA) is 42.8 Å². The molecule has 1 unspecified atom stereocenters. The molecule has 26 heavy (non-hydrogen) atoms. The molecular formula is C22H29N2O2+. The number of aryl methyl sites for hydroxylation is 1. The number of likely N-dealkylation sites (tertiary alicyclic amines) is 1. The molecule has 1 aliphatic rings. The number of amides is 1. The van der Waals surface area contributed by atoms with Crippen molar-refractivity contribution in [3.8, 4) is 5.75 Å². The minimum absolute atomic E-state index is 0.0313. The summed E-state index contributed by atoms with van der Waals surface area (Å²) in [6.45, 7) is 5.30. The van der Waals surface area contributed by atoms with E-state index in [1.54, 1.807) is 7.11 Å². The lowest BCUT2D eigenvalue weighted by Gasteiger charge is -2.36. The highest BCUT2D eigenvalue weighted by Crippen LogP contribution is 2.26. The van der Waals surface area contributed by atoms with Crippen molar-refractivity contribution in [3.63, 3.8) is 0 Å². The molecular weight excluding hydrogens is 324 g/mol. The summed E-state index contributed by atoms with van der Waals surface area (Å²) in [5.41, 5.74) is 2.90. The van der Waals surface area contributed by atoms with Crippen molar-refractivity contribution in [2.24, 2.45) is 0 Å². The number of carbonyl (C=O) groups is 1.